The zero-order valence-corrected chi connectivity index (χ0v) is 11.1. The molecule has 0 saturated carbocycles. The predicted molar refractivity (Wildman–Crippen MR) is 72.8 cm³/mol. The van der Waals surface area contributed by atoms with Gasteiger partial charge >= 0.3 is 0 Å². The molecule has 0 aliphatic heterocycles. The summed E-state index contributed by atoms with van der Waals surface area (Å²) in [4.78, 5) is 12.3. The number of aromatic nitrogens is 4. The molecule has 108 valence electrons. The quantitative estimate of drug-likeness (QED) is 0.727. The van der Waals surface area contributed by atoms with Gasteiger partial charge in [0.15, 0.2) is 11.2 Å². The molecule has 0 saturated heterocycles. The molecule has 0 aliphatic rings. The summed E-state index contributed by atoms with van der Waals surface area (Å²) in [6.07, 6.45) is -0.633. The number of aliphatic hydroxyl groups excluding tert-OH is 1. The Morgan fingerprint density at radius 2 is 2.33 bits per heavy atom. The Kier molecular flexibility index (Phi) is 3.36. The third kappa shape index (κ3) is 2.61. The van der Waals surface area contributed by atoms with E-state index in [2.05, 4.69) is 20.6 Å². The van der Waals surface area contributed by atoms with Crippen LogP contribution in [0.2, 0.25) is 0 Å². The van der Waals surface area contributed by atoms with E-state index < -0.39 is 6.10 Å². The summed E-state index contributed by atoms with van der Waals surface area (Å²) in [6, 6.07) is 6.27. The topological polar surface area (TPSA) is 114 Å². The molecule has 0 spiro atoms. The summed E-state index contributed by atoms with van der Waals surface area (Å²) < 4.78 is 11.0. The van der Waals surface area contributed by atoms with E-state index in [1.54, 1.807) is 25.1 Å². The molecule has 0 bridgehead atoms. The van der Waals surface area contributed by atoms with Crippen LogP contribution in [0.15, 0.2) is 33.5 Å². The van der Waals surface area contributed by atoms with E-state index in [-0.39, 0.29) is 23.6 Å². The third-order valence-corrected chi connectivity index (χ3v) is 2.76. The summed E-state index contributed by atoms with van der Waals surface area (Å²) in [7, 11) is 0. The Labute approximate surface area is 118 Å². The van der Waals surface area contributed by atoms with Crippen LogP contribution in [0, 0.1) is 0 Å². The van der Waals surface area contributed by atoms with Crippen molar-refractivity contribution in [1.29, 1.82) is 0 Å². The van der Waals surface area contributed by atoms with Gasteiger partial charge in [-0.2, -0.15) is 5.21 Å². The molecule has 3 aromatic rings. The highest BCUT2D eigenvalue weighted by Crippen LogP contribution is 2.25. The maximum Gasteiger partial charge on any atom is 0.239 e. The van der Waals surface area contributed by atoms with Crippen LogP contribution in [0.4, 0.5) is 0 Å². The first-order valence-corrected chi connectivity index (χ1v) is 6.26. The van der Waals surface area contributed by atoms with Crippen molar-refractivity contribution in [3.8, 4) is 17.3 Å². The Morgan fingerprint density at radius 3 is 3.05 bits per heavy atom. The summed E-state index contributed by atoms with van der Waals surface area (Å²) in [5, 5.41) is 22.8. The molecule has 2 heterocycles. The minimum atomic E-state index is -0.633. The van der Waals surface area contributed by atoms with Gasteiger partial charge in [0.2, 0.25) is 5.82 Å². The zero-order valence-electron chi connectivity index (χ0n) is 11.1. The van der Waals surface area contributed by atoms with Crippen LogP contribution in [0.1, 0.15) is 6.92 Å². The molecule has 2 N–H and O–H groups in total. The first-order chi connectivity index (χ1) is 10.1. The standard InChI is InChI=1S/C13H12N4O4/c1-7(18)6-20-9-3-2-4-10-12(9)8(19)5-11(21-10)13-14-16-17-15-13/h2-5,7,18H,6H2,1H3,(H,14,15,16,17). The molecule has 1 atom stereocenters. The fraction of sp³-hybridized carbons (Fsp3) is 0.231. The van der Waals surface area contributed by atoms with Crippen LogP contribution in [0.5, 0.6) is 5.75 Å². The Balaban J connectivity index is 2.11. The molecule has 21 heavy (non-hydrogen) atoms. The highest BCUT2D eigenvalue weighted by atomic mass is 16.5. The van der Waals surface area contributed by atoms with E-state index in [0.29, 0.717) is 16.7 Å². The van der Waals surface area contributed by atoms with Crippen LogP contribution >= 0.6 is 0 Å². The van der Waals surface area contributed by atoms with E-state index >= 15 is 0 Å². The largest absolute Gasteiger partial charge is 0.490 e. The first kappa shape index (κ1) is 13.3. The fourth-order valence-electron chi connectivity index (χ4n) is 1.89. The van der Waals surface area contributed by atoms with Gasteiger partial charge in [-0.15, -0.1) is 10.2 Å². The lowest BCUT2D eigenvalue weighted by Gasteiger charge is -2.10. The van der Waals surface area contributed by atoms with Gasteiger partial charge in [0, 0.05) is 6.07 Å². The average Bonchev–Trinajstić information content (AvgIpc) is 2.98. The zero-order chi connectivity index (χ0) is 14.8. The number of tetrazole rings is 1. The summed E-state index contributed by atoms with van der Waals surface area (Å²) in [6.45, 7) is 1.69. The minimum absolute atomic E-state index is 0.0884. The number of ether oxygens (including phenoxy) is 1. The maximum absolute atomic E-state index is 12.3. The third-order valence-electron chi connectivity index (χ3n) is 2.76. The number of aliphatic hydroxyl groups is 1. The van der Waals surface area contributed by atoms with Gasteiger partial charge in [-0.25, -0.2) is 0 Å². The van der Waals surface area contributed by atoms with Crippen LogP contribution < -0.4 is 10.2 Å². The van der Waals surface area contributed by atoms with Crippen LogP contribution in [0.25, 0.3) is 22.6 Å². The highest BCUT2D eigenvalue weighted by Gasteiger charge is 2.14. The molecule has 3 rings (SSSR count). The van der Waals surface area contributed by atoms with Gasteiger partial charge in [0.25, 0.3) is 0 Å². The van der Waals surface area contributed by atoms with Crippen molar-refractivity contribution in [3.05, 3.63) is 34.5 Å². The minimum Gasteiger partial charge on any atom is -0.490 e. The predicted octanol–water partition coefficient (Wildman–Crippen LogP) is 0.733. The van der Waals surface area contributed by atoms with Crippen molar-refractivity contribution in [2.45, 2.75) is 13.0 Å². The van der Waals surface area contributed by atoms with E-state index in [1.165, 1.54) is 6.07 Å². The molecule has 2 aromatic heterocycles. The van der Waals surface area contributed by atoms with E-state index in [1.807, 2.05) is 0 Å². The first-order valence-electron chi connectivity index (χ1n) is 6.26. The molecule has 1 aromatic carbocycles. The normalized spacial score (nSPS) is 12.5. The number of rotatable bonds is 4. The molecule has 0 aliphatic carbocycles. The molecular weight excluding hydrogens is 276 g/mol. The molecule has 1 unspecified atom stereocenters. The van der Waals surface area contributed by atoms with Gasteiger partial charge in [-0.3, -0.25) is 4.79 Å². The maximum atomic E-state index is 12.3. The number of nitrogens with one attached hydrogen (secondary N) is 1. The number of benzene rings is 1. The van der Waals surface area contributed by atoms with Gasteiger partial charge < -0.3 is 14.3 Å². The number of hydrogen-bond donors (Lipinski definition) is 2. The fourth-order valence-corrected chi connectivity index (χ4v) is 1.89. The van der Waals surface area contributed by atoms with Crippen molar-refractivity contribution in [2.24, 2.45) is 0 Å². The van der Waals surface area contributed by atoms with Crippen LogP contribution in [-0.2, 0) is 0 Å². The van der Waals surface area contributed by atoms with Gasteiger partial charge in [0.05, 0.1) is 6.10 Å². The number of nitrogens with zero attached hydrogens (tertiary/aromatic N) is 3. The summed E-state index contributed by atoms with van der Waals surface area (Å²) in [5.74, 6) is 0.778. The smallest absolute Gasteiger partial charge is 0.239 e. The average molecular weight is 288 g/mol. The Morgan fingerprint density at radius 1 is 1.48 bits per heavy atom. The SMILES string of the molecule is CC(O)COc1cccc2oc(-c3nn[nH]n3)cc(=O)c12. The van der Waals surface area contributed by atoms with E-state index in [9.17, 15) is 9.90 Å². The lowest BCUT2D eigenvalue weighted by Crippen LogP contribution is -2.14. The lowest BCUT2D eigenvalue weighted by molar-refractivity contribution is 0.123. The second-order valence-electron chi connectivity index (χ2n) is 4.50. The highest BCUT2D eigenvalue weighted by molar-refractivity contribution is 5.84. The van der Waals surface area contributed by atoms with Crippen molar-refractivity contribution in [3.63, 3.8) is 0 Å². The molecule has 0 amide bonds. The number of fused-ring (bicyclic) bond motifs is 1. The lowest BCUT2D eigenvalue weighted by atomic mass is 10.2. The Bertz CT molecular complexity index is 811. The van der Waals surface area contributed by atoms with Crippen LogP contribution in [-0.4, -0.2) is 38.4 Å². The van der Waals surface area contributed by atoms with E-state index in [4.69, 9.17) is 9.15 Å². The van der Waals surface area contributed by atoms with Gasteiger partial charge in [-0.05, 0) is 24.3 Å². The van der Waals surface area contributed by atoms with Crippen molar-refractivity contribution in [2.75, 3.05) is 6.61 Å². The second kappa shape index (κ2) is 5.33. The van der Waals surface area contributed by atoms with Crippen molar-refractivity contribution < 1.29 is 14.3 Å². The molecule has 8 heteroatoms. The Hall–Kier alpha value is -2.74. The molecular formula is C13H12N4O4. The van der Waals surface area contributed by atoms with Crippen molar-refractivity contribution >= 4 is 11.0 Å². The molecule has 0 radical (unpaired) electrons. The van der Waals surface area contributed by atoms with Gasteiger partial charge in [0.1, 0.15) is 23.3 Å². The second-order valence-corrected chi connectivity index (χ2v) is 4.50. The molecule has 8 nitrogen and oxygen atoms in total. The van der Waals surface area contributed by atoms with Gasteiger partial charge in [-0.1, -0.05) is 6.07 Å². The van der Waals surface area contributed by atoms with Crippen LogP contribution in [0.3, 0.4) is 0 Å². The number of aromatic amines is 1. The van der Waals surface area contributed by atoms with Crippen molar-refractivity contribution in [1.82, 2.24) is 20.6 Å². The van der Waals surface area contributed by atoms with E-state index in [0.717, 1.165) is 0 Å². The number of H-pyrrole nitrogens is 1. The monoisotopic (exact) mass is 288 g/mol. The summed E-state index contributed by atoms with van der Waals surface area (Å²) >= 11 is 0. The molecule has 0 fully saturated rings. The number of hydrogen-bond acceptors (Lipinski definition) is 7. The summed E-state index contributed by atoms with van der Waals surface area (Å²) in [5.41, 5.74) is 0.0719.